The van der Waals surface area contributed by atoms with Gasteiger partial charge in [-0.05, 0) is 18.6 Å². The van der Waals surface area contributed by atoms with Crippen LogP contribution >= 0.6 is 23.1 Å². The molecule has 4 nitrogen and oxygen atoms in total. The molecule has 0 spiro atoms. The molecule has 0 aliphatic rings. The maximum atomic E-state index is 12.3. The van der Waals surface area contributed by atoms with E-state index in [0.717, 1.165) is 16.3 Å². The van der Waals surface area contributed by atoms with Crippen molar-refractivity contribution in [3.8, 4) is 0 Å². The Hall–Kier alpha value is -1.40. The van der Waals surface area contributed by atoms with Crippen LogP contribution in [0.2, 0.25) is 0 Å². The van der Waals surface area contributed by atoms with E-state index in [2.05, 4.69) is 29.4 Å². The molecule has 2 aromatic rings. The summed E-state index contributed by atoms with van der Waals surface area (Å²) < 4.78 is 0. The molecule has 1 heterocycles. The number of hydrogen-bond acceptors (Lipinski definition) is 5. The molecule has 0 bridgehead atoms. The minimum Gasteiger partial charge on any atom is -0.296 e. The SMILES string of the molecule is CCc1nnc(NC(=O)c2ccccc2SC(C)C)s1. The normalized spacial score (nSPS) is 10.8. The summed E-state index contributed by atoms with van der Waals surface area (Å²) in [6.45, 7) is 6.23. The number of benzene rings is 1. The van der Waals surface area contributed by atoms with E-state index < -0.39 is 0 Å². The number of thioether (sulfide) groups is 1. The third-order valence-electron chi connectivity index (χ3n) is 2.48. The zero-order chi connectivity index (χ0) is 14.5. The Balaban J connectivity index is 2.16. The molecular weight excluding hydrogens is 290 g/mol. The van der Waals surface area contributed by atoms with Crippen LogP contribution in [0.15, 0.2) is 29.2 Å². The van der Waals surface area contributed by atoms with E-state index >= 15 is 0 Å². The Morgan fingerprint density at radius 1 is 1.35 bits per heavy atom. The van der Waals surface area contributed by atoms with Crippen molar-refractivity contribution in [2.24, 2.45) is 0 Å². The Morgan fingerprint density at radius 3 is 2.75 bits per heavy atom. The highest BCUT2D eigenvalue weighted by atomic mass is 32.2. The fraction of sp³-hybridized carbons (Fsp3) is 0.357. The Labute approximate surface area is 127 Å². The summed E-state index contributed by atoms with van der Waals surface area (Å²) in [5, 5.41) is 12.7. The summed E-state index contributed by atoms with van der Waals surface area (Å²) in [5.41, 5.74) is 0.680. The summed E-state index contributed by atoms with van der Waals surface area (Å²) in [6, 6.07) is 7.62. The number of aryl methyl sites for hydroxylation is 1. The van der Waals surface area contributed by atoms with Gasteiger partial charge in [-0.1, -0.05) is 44.2 Å². The first-order valence-corrected chi connectivity index (χ1v) is 8.19. The van der Waals surface area contributed by atoms with Crippen molar-refractivity contribution in [2.45, 2.75) is 37.3 Å². The zero-order valence-corrected chi connectivity index (χ0v) is 13.3. The molecule has 1 amide bonds. The van der Waals surface area contributed by atoms with Crippen molar-refractivity contribution in [1.29, 1.82) is 0 Å². The first-order valence-electron chi connectivity index (χ1n) is 6.49. The van der Waals surface area contributed by atoms with Crippen LogP contribution in [0.5, 0.6) is 0 Å². The molecular formula is C14H17N3OS2. The van der Waals surface area contributed by atoms with Crippen LogP contribution in [-0.2, 0) is 6.42 Å². The number of hydrogen-bond donors (Lipinski definition) is 1. The predicted molar refractivity (Wildman–Crippen MR) is 84.7 cm³/mol. The largest absolute Gasteiger partial charge is 0.296 e. The molecule has 1 N–H and O–H groups in total. The number of nitrogens with one attached hydrogen (secondary N) is 1. The van der Waals surface area contributed by atoms with E-state index in [1.807, 2.05) is 31.2 Å². The Morgan fingerprint density at radius 2 is 2.10 bits per heavy atom. The van der Waals surface area contributed by atoms with E-state index in [1.165, 1.54) is 11.3 Å². The Kier molecular flexibility index (Phi) is 5.14. The highest BCUT2D eigenvalue weighted by Gasteiger charge is 2.14. The van der Waals surface area contributed by atoms with Crippen molar-refractivity contribution >= 4 is 34.1 Å². The number of amides is 1. The molecule has 6 heteroatoms. The minimum atomic E-state index is -0.132. The predicted octanol–water partition coefficient (Wildman–Crippen LogP) is 3.85. The highest BCUT2D eigenvalue weighted by molar-refractivity contribution is 8.00. The second-order valence-electron chi connectivity index (χ2n) is 4.47. The lowest BCUT2D eigenvalue weighted by atomic mass is 10.2. The molecule has 106 valence electrons. The smallest absolute Gasteiger partial charge is 0.258 e. The van der Waals surface area contributed by atoms with Crippen LogP contribution in [-0.4, -0.2) is 21.4 Å². The number of aromatic nitrogens is 2. The molecule has 1 aromatic carbocycles. The third kappa shape index (κ3) is 3.80. The van der Waals surface area contributed by atoms with Crippen molar-refractivity contribution in [3.63, 3.8) is 0 Å². The standard InChI is InChI=1S/C14H17N3OS2/c1-4-12-16-17-14(20-12)15-13(18)10-7-5-6-8-11(10)19-9(2)3/h5-9H,4H2,1-3H3,(H,15,17,18). The van der Waals surface area contributed by atoms with Gasteiger partial charge >= 0.3 is 0 Å². The van der Waals surface area contributed by atoms with Gasteiger partial charge in [0.25, 0.3) is 5.91 Å². The summed E-state index contributed by atoms with van der Waals surface area (Å²) in [6.07, 6.45) is 0.827. The number of carbonyl (C=O) groups excluding carboxylic acids is 1. The van der Waals surface area contributed by atoms with Crippen molar-refractivity contribution in [2.75, 3.05) is 5.32 Å². The van der Waals surface area contributed by atoms with Gasteiger partial charge < -0.3 is 0 Å². The highest BCUT2D eigenvalue weighted by Crippen LogP contribution is 2.27. The maximum absolute atomic E-state index is 12.3. The molecule has 2 rings (SSSR count). The van der Waals surface area contributed by atoms with Gasteiger partial charge in [-0.15, -0.1) is 22.0 Å². The first-order chi connectivity index (χ1) is 9.60. The molecule has 0 saturated carbocycles. The summed E-state index contributed by atoms with van der Waals surface area (Å²) >= 11 is 3.09. The molecule has 0 unspecified atom stereocenters. The van der Waals surface area contributed by atoms with E-state index in [9.17, 15) is 4.79 Å². The molecule has 0 aliphatic carbocycles. The summed E-state index contributed by atoms with van der Waals surface area (Å²) in [5.74, 6) is -0.132. The van der Waals surface area contributed by atoms with Crippen molar-refractivity contribution < 1.29 is 4.79 Å². The third-order valence-corrected chi connectivity index (χ3v) is 4.55. The quantitative estimate of drug-likeness (QED) is 0.852. The van der Waals surface area contributed by atoms with E-state index in [4.69, 9.17) is 0 Å². The van der Waals surface area contributed by atoms with Crippen LogP contribution in [0.25, 0.3) is 0 Å². The topological polar surface area (TPSA) is 54.9 Å². The first kappa shape index (κ1) is 15.0. The molecule has 0 aliphatic heterocycles. The van der Waals surface area contributed by atoms with Gasteiger partial charge in [-0.2, -0.15) is 0 Å². The second kappa shape index (κ2) is 6.85. The monoisotopic (exact) mass is 307 g/mol. The molecule has 0 atom stereocenters. The number of anilines is 1. The molecule has 0 radical (unpaired) electrons. The van der Waals surface area contributed by atoms with Gasteiger partial charge in [-0.3, -0.25) is 10.1 Å². The molecule has 20 heavy (non-hydrogen) atoms. The lowest BCUT2D eigenvalue weighted by molar-refractivity contribution is 0.102. The second-order valence-corrected chi connectivity index (χ2v) is 7.15. The lowest BCUT2D eigenvalue weighted by Crippen LogP contribution is -2.13. The van der Waals surface area contributed by atoms with Crippen LogP contribution in [0.3, 0.4) is 0 Å². The van der Waals surface area contributed by atoms with Gasteiger partial charge in [0.05, 0.1) is 5.56 Å². The maximum Gasteiger partial charge on any atom is 0.258 e. The van der Waals surface area contributed by atoms with Gasteiger partial charge in [0.1, 0.15) is 5.01 Å². The number of nitrogens with zero attached hydrogens (tertiary/aromatic N) is 2. The van der Waals surface area contributed by atoms with E-state index in [-0.39, 0.29) is 5.91 Å². The zero-order valence-electron chi connectivity index (χ0n) is 11.7. The molecule has 0 fully saturated rings. The van der Waals surface area contributed by atoms with Gasteiger partial charge in [-0.25, -0.2) is 0 Å². The minimum absolute atomic E-state index is 0.132. The van der Waals surface area contributed by atoms with Crippen LogP contribution in [0.4, 0.5) is 5.13 Å². The molecule has 0 saturated heterocycles. The number of carbonyl (C=O) groups is 1. The van der Waals surface area contributed by atoms with Crippen molar-refractivity contribution in [1.82, 2.24) is 10.2 Å². The van der Waals surface area contributed by atoms with Crippen molar-refractivity contribution in [3.05, 3.63) is 34.8 Å². The fourth-order valence-electron chi connectivity index (χ4n) is 1.62. The Bertz CT molecular complexity index is 596. The van der Waals surface area contributed by atoms with E-state index in [1.54, 1.807) is 11.8 Å². The van der Waals surface area contributed by atoms with Crippen LogP contribution in [0.1, 0.15) is 36.1 Å². The molecule has 1 aromatic heterocycles. The number of rotatable bonds is 5. The summed E-state index contributed by atoms with van der Waals surface area (Å²) in [7, 11) is 0. The average molecular weight is 307 g/mol. The summed E-state index contributed by atoms with van der Waals surface area (Å²) in [4.78, 5) is 13.3. The average Bonchev–Trinajstić information content (AvgIpc) is 2.86. The van der Waals surface area contributed by atoms with E-state index in [0.29, 0.717) is 15.9 Å². The van der Waals surface area contributed by atoms with Crippen LogP contribution < -0.4 is 5.32 Å². The van der Waals surface area contributed by atoms with Gasteiger partial charge in [0.15, 0.2) is 0 Å². The van der Waals surface area contributed by atoms with Crippen LogP contribution in [0, 0.1) is 0 Å². The van der Waals surface area contributed by atoms with Gasteiger partial charge in [0, 0.05) is 10.1 Å². The van der Waals surface area contributed by atoms with Gasteiger partial charge in [0.2, 0.25) is 5.13 Å². The fourth-order valence-corrected chi connectivity index (χ4v) is 3.25. The lowest BCUT2D eigenvalue weighted by Gasteiger charge is -2.10.